The van der Waals surface area contributed by atoms with Crippen molar-refractivity contribution in [1.82, 2.24) is 10.3 Å². The van der Waals surface area contributed by atoms with E-state index in [4.69, 9.17) is 4.98 Å². The SMILES string of the molecule is CCNCc1cc(CC)nc(N2Cc3ccccc3C2)c1. The molecule has 3 nitrogen and oxygen atoms in total. The van der Waals surface area contributed by atoms with Gasteiger partial charge in [-0.05, 0) is 41.8 Å². The monoisotopic (exact) mass is 281 g/mol. The standard InChI is InChI=1S/C18H23N3/c1-3-17-9-14(11-19-4-2)10-18(20-17)21-12-15-7-5-6-8-16(15)13-21/h5-10,19H,3-4,11-13H2,1-2H3. The summed E-state index contributed by atoms with van der Waals surface area (Å²) < 4.78 is 0. The van der Waals surface area contributed by atoms with Crippen LogP contribution in [0.1, 0.15) is 36.2 Å². The lowest BCUT2D eigenvalue weighted by Crippen LogP contribution is -2.18. The van der Waals surface area contributed by atoms with E-state index in [1.54, 1.807) is 0 Å². The van der Waals surface area contributed by atoms with Gasteiger partial charge < -0.3 is 10.2 Å². The van der Waals surface area contributed by atoms with Gasteiger partial charge >= 0.3 is 0 Å². The summed E-state index contributed by atoms with van der Waals surface area (Å²) in [6, 6.07) is 13.1. The van der Waals surface area contributed by atoms with E-state index in [-0.39, 0.29) is 0 Å². The third-order valence-corrected chi connectivity index (χ3v) is 4.03. The van der Waals surface area contributed by atoms with E-state index in [9.17, 15) is 0 Å². The first-order chi connectivity index (χ1) is 10.3. The molecule has 1 N–H and O–H groups in total. The van der Waals surface area contributed by atoms with Crippen molar-refractivity contribution in [2.24, 2.45) is 0 Å². The van der Waals surface area contributed by atoms with Crippen LogP contribution in [0, 0.1) is 0 Å². The number of fused-ring (bicyclic) bond motifs is 1. The number of rotatable bonds is 5. The molecular formula is C18H23N3. The van der Waals surface area contributed by atoms with Gasteiger partial charge in [0.25, 0.3) is 0 Å². The first-order valence-corrected chi connectivity index (χ1v) is 7.82. The second-order valence-electron chi connectivity index (χ2n) is 5.58. The van der Waals surface area contributed by atoms with E-state index >= 15 is 0 Å². The topological polar surface area (TPSA) is 28.2 Å². The Labute approximate surface area is 127 Å². The molecule has 0 atom stereocenters. The van der Waals surface area contributed by atoms with Gasteiger partial charge in [0.2, 0.25) is 0 Å². The zero-order valence-corrected chi connectivity index (χ0v) is 12.9. The minimum Gasteiger partial charge on any atom is -0.348 e. The molecule has 0 radical (unpaired) electrons. The smallest absolute Gasteiger partial charge is 0.129 e. The number of aromatic nitrogens is 1. The summed E-state index contributed by atoms with van der Waals surface area (Å²) in [5.41, 5.74) is 5.36. The summed E-state index contributed by atoms with van der Waals surface area (Å²) in [6.07, 6.45) is 0.980. The number of hydrogen-bond donors (Lipinski definition) is 1. The Balaban J connectivity index is 1.85. The quantitative estimate of drug-likeness (QED) is 0.911. The van der Waals surface area contributed by atoms with Crippen LogP contribution in [0.25, 0.3) is 0 Å². The van der Waals surface area contributed by atoms with Crippen LogP contribution in [-0.4, -0.2) is 11.5 Å². The van der Waals surface area contributed by atoms with Gasteiger partial charge in [0.1, 0.15) is 5.82 Å². The molecule has 0 bridgehead atoms. The van der Waals surface area contributed by atoms with E-state index in [0.717, 1.165) is 38.4 Å². The van der Waals surface area contributed by atoms with Crippen LogP contribution < -0.4 is 10.2 Å². The maximum absolute atomic E-state index is 4.82. The summed E-state index contributed by atoms with van der Waals surface area (Å²) in [5.74, 6) is 1.11. The zero-order valence-electron chi connectivity index (χ0n) is 12.9. The zero-order chi connectivity index (χ0) is 14.7. The molecule has 0 saturated carbocycles. The Morgan fingerprint density at radius 2 is 1.81 bits per heavy atom. The fourth-order valence-corrected chi connectivity index (χ4v) is 2.84. The molecule has 0 fully saturated rings. The molecule has 3 rings (SSSR count). The first-order valence-electron chi connectivity index (χ1n) is 7.82. The van der Waals surface area contributed by atoms with Crippen LogP contribution in [0.3, 0.4) is 0 Å². The van der Waals surface area contributed by atoms with Crippen LogP contribution in [0.4, 0.5) is 5.82 Å². The van der Waals surface area contributed by atoms with Crippen LogP contribution >= 0.6 is 0 Å². The molecule has 2 aromatic rings. The third kappa shape index (κ3) is 3.08. The maximum atomic E-state index is 4.82. The van der Waals surface area contributed by atoms with E-state index in [2.05, 4.69) is 60.5 Å². The van der Waals surface area contributed by atoms with Crippen LogP contribution in [-0.2, 0) is 26.1 Å². The minimum absolute atomic E-state index is 0.916. The largest absolute Gasteiger partial charge is 0.348 e. The Kier molecular flexibility index (Phi) is 4.20. The van der Waals surface area contributed by atoms with Gasteiger partial charge in [-0.3, -0.25) is 0 Å². The molecular weight excluding hydrogens is 258 g/mol. The number of hydrogen-bond acceptors (Lipinski definition) is 3. The molecule has 1 aromatic heterocycles. The lowest BCUT2D eigenvalue weighted by atomic mass is 10.1. The molecule has 0 unspecified atom stereocenters. The van der Waals surface area contributed by atoms with Crippen molar-refractivity contribution in [3.63, 3.8) is 0 Å². The van der Waals surface area contributed by atoms with Crippen molar-refractivity contribution in [3.05, 3.63) is 58.8 Å². The maximum Gasteiger partial charge on any atom is 0.129 e. The molecule has 110 valence electrons. The van der Waals surface area contributed by atoms with Gasteiger partial charge in [-0.15, -0.1) is 0 Å². The van der Waals surface area contributed by atoms with Crippen molar-refractivity contribution >= 4 is 5.82 Å². The Bertz CT molecular complexity index is 597. The fraction of sp³-hybridized carbons (Fsp3) is 0.389. The highest BCUT2D eigenvalue weighted by atomic mass is 15.2. The van der Waals surface area contributed by atoms with E-state index in [1.807, 2.05) is 0 Å². The molecule has 21 heavy (non-hydrogen) atoms. The Hall–Kier alpha value is -1.87. The second kappa shape index (κ2) is 6.27. The number of nitrogens with zero attached hydrogens (tertiary/aromatic N) is 2. The van der Waals surface area contributed by atoms with Crippen LogP contribution in [0.15, 0.2) is 36.4 Å². The van der Waals surface area contributed by atoms with Crippen molar-refractivity contribution < 1.29 is 0 Å². The van der Waals surface area contributed by atoms with E-state index in [1.165, 1.54) is 22.4 Å². The molecule has 3 heteroatoms. The number of nitrogens with one attached hydrogen (secondary N) is 1. The van der Waals surface area contributed by atoms with Crippen molar-refractivity contribution in [1.29, 1.82) is 0 Å². The molecule has 1 aliphatic heterocycles. The molecule has 1 aliphatic rings. The van der Waals surface area contributed by atoms with Gasteiger partial charge in [0, 0.05) is 25.3 Å². The number of anilines is 1. The second-order valence-corrected chi connectivity index (χ2v) is 5.58. The molecule has 0 amide bonds. The number of benzene rings is 1. The predicted octanol–water partition coefficient (Wildman–Crippen LogP) is 3.27. The molecule has 0 saturated heterocycles. The highest BCUT2D eigenvalue weighted by Gasteiger charge is 2.20. The summed E-state index contributed by atoms with van der Waals surface area (Å²) in [6.45, 7) is 8.16. The third-order valence-electron chi connectivity index (χ3n) is 4.03. The van der Waals surface area contributed by atoms with Gasteiger partial charge in [-0.2, -0.15) is 0 Å². The molecule has 2 heterocycles. The average Bonchev–Trinajstić information content (AvgIpc) is 2.96. The molecule has 1 aromatic carbocycles. The van der Waals surface area contributed by atoms with Crippen molar-refractivity contribution in [2.45, 2.75) is 39.9 Å². The van der Waals surface area contributed by atoms with Gasteiger partial charge in [-0.1, -0.05) is 38.1 Å². The van der Waals surface area contributed by atoms with Gasteiger partial charge in [0.15, 0.2) is 0 Å². The predicted molar refractivity (Wildman–Crippen MR) is 87.3 cm³/mol. The normalized spacial score (nSPS) is 13.5. The van der Waals surface area contributed by atoms with E-state index < -0.39 is 0 Å². The van der Waals surface area contributed by atoms with Crippen molar-refractivity contribution in [3.8, 4) is 0 Å². The highest BCUT2D eigenvalue weighted by molar-refractivity contribution is 5.49. The van der Waals surface area contributed by atoms with Crippen LogP contribution in [0.5, 0.6) is 0 Å². The highest BCUT2D eigenvalue weighted by Crippen LogP contribution is 2.27. The summed E-state index contributed by atoms with van der Waals surface area (Å²) >= 11 is 0. The van der Waals surface area contributed by atoms with Gasteiger partial charge in [-0.25, -0.2) is 4.98 Å². The molecule has 0 aliphatic carbocycles. The van der Waals surface area contributed by atoms with Crippen molar-refractivity contribution in [2.75, 3.05) is 11.4 Å². The Morgan fingerprint density at radius 3 is 2.43 bits per heavy atom. The lowest BCUT2D eigenvalue weighted by Gasteiger charge is -2.19. The summed E-state index contributed by atoms with van der Waals surface area (Å²) in [7, 11) is 0. The summed E-state index contributed by atoms with van der Waals surface area (Å²) in [5, 5.41) is 3.40. The van der Waals surface area contributed by atoms with Crippen LogP contribution in [0.2, 0.25) is 0 Å². The summed E-state index contributed by atoms with van der Waals surface area (Å²) in [4.78, 5) is 7.20. The number of pyridine rings is 1. The lowest BCUT2D eigenvalue weighted by molar-refractivity contribution is 0.722. The molecule has 0 spiro atoms. The average molecular weight is 281 g/mol. The Morgan fingerprint density at radius 1 is 1.10 bits per heavy atom. The first kappa shape index (κ1) is 14.1. The fourth-order valence-electron chi connectivity index (χ4n) is 2.84. The minimum atomic E-state index is 0.916. The van der Waals surface area contributed by atoms with E-state index in [0.29, 0.717) is 0 Å². The number of aryl methyl sites for hydroxylation is 1. The van der Waals surface area contributed by atoms with Gasteiger partial charge in [0.05, 0.1) is 0 Å².